The molecule has 0 aromatic heterocycles. The lowest BCUT2D eigenvalue weighted by Gasteiger charge is -2.17. The van der Waals surface area contributed by atoms with Crippen LogP contribution in [0.5, 0.6) is 5.75 Å². The lowest BCUT2D eigenvalue weighted by atomic mass is 10.2. The first-order valence-electron chi connectivity index (χ1n) is 6.29. The van der Waals surface area contributed by atoms with Gasteiger partial charge in [0.25, 0.3) is 0 Å². The maximum Gasteiger partial charge on any atom is 0.238 e. The summed E-state index contributed by atoms with van der Waals surface area (Å²) in [5.41, 5.74) is 1.51. The number of rotatable bonds is 7. The molecule has 1 aromatic rings. The van der Waals surface area contributed by atoms with Crippen molar-refractivity contribution in [3.8, 4) is 5.75 Å². The molecule has 0 aliphatic heterocycles. The maximum absolute atomic E-state index is 12.0. The number of halogens is 1. The van der Waals surface area contributed by atoms with Gasteiger partial charge in [0.15, 0.2) is 0 Å². The van der Waals surface area contributed by atoms with Crippen LogP contribution in [0.4, 0.5) is 5.69 Å². The van der Waals surface area contributed by atoms with Gasteiger partial charge in [0.05, 0.1) is 25.9 Å². The Morgan fingerprint density at radius 2 is 2.10 bits per heavy atom. The minimum absolute atomic E-state index is 0.108. The Morgan fingerprint density at radius 3 is 2.70 bits per heavy atom. The predicted molar refractivity (Wildman–Crippen MR) is 80.7 cm³/mol. The van der Waals surface area contributed by atoms with E-state index in [2.05, 4.69) is 5.32 Å². The standard InChI is InChI=1S/C14H21ClN2O3/c1-10-7-12(13(20-4)8-11(10)15)16-14(18)9-17(2)5-6-19-3/h7-8H,5-6,9H2,1-4H3,(H,16,18). The minimum atomic E-state index is -0.108. The van der Waals surface area contributed by atoms with E-state index in [4.69, 9.17) is 21.1 Å². The van der Waals surface area contributed by atoms with Gasteiger partial charge in [-0.05, 0) is 25.6 Å². The highest BCUT2D eigenvalue weighted by Gasteiger charge is 2.11. The van der Waals surface area contributed by atoms with Crippen LogP contribution in [0.2, 0.25) is 5.02 Å². The molecule has 0 aliphatic rings. The fourth-order valence-electron chi connectivity index (χ4n) is 1.69. The zero-order valence-corrected chi connectivity index (χ0v) is 13.1. The van der Waals surface area contributed by atoms with Crippen molar-refractivity contribution in [1.29, 1.82) is 0 Å². The van der Waals surface area contributed by atoms with Crippen LogP contribution in [-0.2, 0) is 9.53 Å². The number of benzene rings is 1. The van der Waals surface area contributed by atoms with Crippen molar-refractivity contribution in [2.45, 2.75) is 6.92 Å². The summed E-state index contributed by atoms with van der Waals surface area (Å²) < 4.78 is 10.2. The molecule has 112 valence electrons. The van der Waals surface area contributed by atoms with E-state index in [-0.39, 0.29) is 12.5 Å². The summed E-state index contributed by atoms with van der Waals surface area (Å²) in [5, 5.41) is 3.44. The molecular formula is C14H21ClN2O3. The Hall–Kier alpha value is -1.30. The number of anilines is 1. The lowest BCUT2D eigenvalue weighted by Crippen LogP contribution is -2.32. The number of methoxy groups -OCH3 is 2. The number of hydrogen-bond acceptors (Lipinski definition) is 4. The molecule has 0 unspecified atom stereocenters. The summed E-state index contributed by atoms with van der Waals surface area (Å²) in [6.07, 6.45) is 0. The molecular weight excluding hydrogens is 280 g/mol. The van der Waals surface area contributed by atoms with Crippen LogP contribution in [0.15, 0.2) is 12.1 Å². The van der Waals surface area contributed by atoms with Gasteiger partial charge in [-0.1, -0.05) is 11.6 Å². The van der Waals surface area contributed by atoms with E-state index in [9.17, 15) is 4.79 Å². The molecule has 20 heavy (non-hydrogen) atoms. The van der Waals surface area contributed by atoms with Gasteiger partial charge < -0.3 is 14.8 Å². The molecule has 0 aliphatic carbocycles. The molecule has 0 atom stereocenters. The van der Waals surface area contributed by atoms with Gasteiger partial charge in [0.1, 0.15) is 5.75 Å². The van der Waals surface area contributed by atoms with Crippen molar-refractivity contribution in [2.24, 2.45) is 0 Å². The summed E-state index contributed by atoms with van der Waals surface area (Å²) >= 11 is 6.03. The summed E-state index contributed by atoms with van der Waals surface area (Å²) in [6.45, 7) is 3.45. The number of likely N-dealkylation sites (N-methyl/N-ethyl adjacent to an activating group) is 1. The summed E-state index contributed by atoms with van der Waals surface area (Å²) in [5.74, 6) is 0.442. The third-order valence-corrected chi connectivity index (χ3v) is 3.25. The molecule has 0 saturated heterocycles. The molecule has 1 amide bonds. The Labute approximate surface area is 124 Å². The van der Waals surface area contributed by atoms with Crippen LogP contribution in [0.1, 0.15) is 5.56 Å². The third-order valence-electron chi connectivity index (χ3n) is 2.85. The van der Waals surface area contributed by atoms with Crippen LogP contribution in [0, 0.1) is 6.92 Å². The van der Waals surface area contributed by atoms with Gasteiger partial charge in [-0.25, -0.2) is 0 Å². The van der Waals surface area contributed by atoms with Crippen LogP contribution in [0.25, 0.3) is 0 Å². The van der Waals surface area contributed by atoms with Crippen molar-refractivity contribution < 1.29 is 14.3 Å². The fraction of sp³-hybridized carbons (Fsp3) is 0.500. The maximum atomic E-state index is 12.0. The number of hydrogen-bond donors (Lipinski definition) is 1. The first-order valence-corrected chi connectivity index (χ1v) is 6.67. The molecule has 1 N–H and O–H groups in total. The highest BCUT2D eigenvalue weighted by molar-refractivity contribution is 6.31. The zero-order valence-electron chi connectivity index (χ0n) is 12.3. The number of carbonyl (C=O) groups is 1. The second-order valence-corrected chi connectivity index (χ2v) is 4.99. The summed E-state index contributed by atoms with van der Waals surface area (Å²) in [4.78, 5) is 13.9. The molecule has 6 heteroatoms. The van der Waals surface area contributed by atoms with E-state index >= 15 is 0 Å². The van der Waals surface area contributed by atoms with E-state index in [1.165, 1.54) is 0 Å². The highest BCUT2D eigenvalue weighted by Crippen LogP contribution is 2.30. The molecule has 1 aromatic carbocycles. The normalized spacial score (nSPS) is 10.7. The first kappa shape index (κ1) is 16.8. The number of amides is 1. The van der Waals surface area contributed by atoms with Gasteiger partial charge in [0.2, 0.25) is 5.91 Å². The Balaban J connectivity index is 2.68. The average Bonchev–Trinajstić information content (AvgIpc) is 2.40. The molecule has 0 fully saturated rings. The third kappa shape index (κ3) is 5.00. The highest BCUT2D eigenvalue weighted by atomic mass is 35.5. The smallest absolute Gasteiger partial charge is 0.238 e. The second-order valence-electron chi connectivity index (χ2n) is 4.58. The van der Waals surface area contributed by atoms with Crippen molar-refractivity contribution in [3.05, 3.63) is 22.7 Å². The molecule has 0 bridgehead atoms. The topological polar surface area (TPSA) is 50.8 Å². The molecule has 1 rings (SSSR count). The van der Waals surface area contributed by atoms with Crippen molar-refractivity contribution in [3.63, 3.8) is 0 Å². The first-order chi connectivity index (χ1) is 9.47. The van der Waals surface area contributed by atoms with Crippen molar-refractivity contribution in [1.82, 2.24) is 4.90 Å². The molecule has 0 heterocycles. The van der Waals surface area contributed by atoms with E-state index < -0.39 is 0 Å². The van der Waals surface area contributed by atoms with Crippen LogP contribution in [-0.4, -0.2) is 51.8 Å². The predicted octanol–water partition coefficient (Wildman–Crippen LogP) is 2.17. The fourth-order valence-corrected chi connectivity index (χ4v) is 1.84. The number of carbonyl (C=O) groups excluding carboxylic acids is 1. The van der Waals surface area contributed by atoms with Crippen LogP contribution >= 0.6 is 11.6 Å². The molecule has 5 nitrogen and oxygen atoms in total. The summed E-state index contributed by atoms with van der Waals surface area (Å²) in [6, 6.07) is 3.50. The Morgan fingerprint density at radius 1 is 1.40 bits per heavy atom. The molecule has 0 spiro atoms. The minimum Gasteiger partial charge on any atom is -0.495 e. The van der Waals surface area contributed by atoms with E-state index in [0.717, 1.165) is 5.56 Å². The number of nitrogens with zero attached hydrogens (tertiary/aromatic N) is 1. The van der Waals surface area contributed by atoms with E-state index in [1.54, 1.807) is 26.4 Å². The average molecular weight is 301 g/mol. The van der Waals surface area contributed by atoms with E-state index in [1.807, 2.05) is 18.9 Å². The Kier molecular flexibility index (Phi) is 6.78. The lowest BCUT2D eigenvalue weighted by molar-refractivity contribution is -0.117. The number of nitrogens with one attached hydrogen (secondary N) is 1. The Bertz CT molecular complexity index is 466. The van der Waals surface area contributed by atoms with Crippen molar-refractivity contribution in [2.75, 3.05) is 46.3 Å². The van der Waals surface area contributed by atoms with Gasteiger partial charge in [-0.15, -0.1) is 0 Å². The van der Waals surface area contributed by atoms with Gasteiger partial charge in [-0.2, -0.15) is 0 Å². The SMILES string of the molecule is COCCN(C)CC(=O)Nc1cc(C)c(Cl)cc1OC. The second kappa shape index (κ2) is 8.09. The van der Waals surface area contributed by atoms with Crippen LogP contribution in [0.3, 0.4) is 0 Å². The summed E-state index contributed by atoms with van der Waals surface area (Å²) in [7, 11) is 5.04. The largest absolute Gasteiger partial charge is 0.495 e. The molecule has 0 saturated carbocycles. The van der Waals surface area contributed by atoms with Crippen molar-refractivity contribution >= 4 is 23.2 Å². The van der Waals surface area contributed by atoms with Gasteiger partial charge in [-0.3, -0.25) is 9.69 Å². The number of aryl methyl sites for hydroxylation is 1. The number of ether oxygens (including phenoxy) is 2. The monoisotopic (exact) mass is 300 g/mol. The zero-order chi connectivity index (χ0) is 15.1. The van der Waals surface area contributed by atoms with Gasteiger partial charge in [0, 0.05) is 24.7 Å². The van der Waals surface area contributed by atoms with Crippen LogP contribution < -0.4 is 10.1 Å². The quantitative estimate of drug-likeness (QED) is 0.838. The van der Waals surface area contributed by atoms with E-state index in [0.29, 0.717) is 29.6 Å². The molecule has 0 radical (unpaired) electrons. The van der Waals surface area contributed by atoms with Gasteiger partial charge >= 0.3 is 0 Å².